The van der Waals surface area contributed by atoms with E-state index in [2.05, 4.69) is 0 Å². The fourth-order valence-corrected chi connectivity index (χ4v) is 1.85. The molecule has 0 aliphatic rings. The first-order valence-electron chi connectivity index (χ1n) is 5.59. The zero-order valence-corrected chi connectivity index (χ0v) is 10.8. The number of hydrogen-bond acceptors (Lipinski definition) is 4. The molecule has 1 aromatic rings. The van der Waals surface area contributed by atoms with Gasteiger partial charge in [0.25, 0.3) is 0 Å². The van der Waals surface area contributed by atoms with E-state index in [0.717, 1.165) is 12.0 Å². The molecule has 1 aromatic carbocycles. The van der Waals surface area contributed by atoms with Crippen molar-refractivity contribution in [3.05, 3.63) is 29.3 Å². The molecule has 0 saturated carbocycles. The van der Waals surface area contributed by atoms with Crippen LogP contribution in [0.3, 0.4) is 0 Å². The lowest BCUT2D eigenvalue weighted by atomic mass is 10.0. The average Bonchev–Trinajstić information content (AvgIpc) is 2.35. The lowest BCUT2D eigenvalue weighted by molar-refractivity contribution is -0.107. The zero-order valence-electron chi connectivity index (χ0n) is 10.8. The third-order valence-corrected chi connectivity index (χ3v) is 2.76. The summed E-state index contributed by atoms with van der Waals surface area (Å²) in [7, 11) is 4.74. The first kappa shape index (κ1) is 14.0. The number of methoxy groups -OCH3 is 3. The molecule has 0 spiro atoms. The molecular formula is C13H20O4. The molecule has 0 bridgehead atoms. The standard InChI is InChI=1S/C13H20O4/c1-5-12(15-2)9-6-7-11(14)10(8-9)13(16-3)17-4/h6-8,12-14H,5H2,1-4H3. The predicted molar refractivity (Wildman–Crippen MR) is 64.9 cm³/mol. The molecule has 0 fully saturated rings. The Labute approximate surface area is 102 Å². The molecule has 0 amide bonds. The Morgan fingerprint density at radius 3 is 2.24 bits per heavy atom. The average molecular weight is 240 g/mol. The van der Waals surface area contributed by atoms with Crippen molar-refractivity contribution < 1.29 is 19.3 Å². The van der Waals surface area contributed by atoms with Gasteiger partial charge in [0.05, 0.1) is 6.10 Å². The maximum Gasteiger partial charge on any atom is 0.186 e. The van der Waals surface area contributed by atoms with E-state index in [-0.39, 0.29) is 11.9 Å². The summed E-state index contributed by atoms with van der Waals surface area (Å²) in [5.41, 5.74) is 1.62. The molecule has 0 radical (unpaired) electrons. The van der Waals surface area contributed by atoms with Gasteiger partial charge in [-0.3, -0.25) is 0 Å². The minimum Gasteiger partial charge on any atom is -0.507 e. The van der Waals surface area contributed by atoms with Crippen molar-refractivity contribution in [3.63, 3.8) is 0 Å². The minimum atomic E-state index is -0.565. The van der Waals surface area contributed by atoms with Crippen LogP contribution in [0.5, 0.6) is 5.75 Å². The minimum absolute atomic E-state index is 0.0173. The second-order valence-corrected chi connectivity index (χ2v) is 3.75. The number of benzene rings is 1. The van der Waals surface area contributed by atoms with E-state index < -0.39 is 6.29 Å². The van der Waals surface area contributed by atoms with Gasteiger partial charge in [0.1, 0.15) is 5.75 Å². The van der Waals surface area contributed by atoms with Gasteiger partial charge in [0.15, 0.2) is 6.29 Å². The molecule has 0 aromatic heterocycles. The molecule has 1 N–H and O–H groups in total. The van der Waals surface area contributed by atoms with Gasteiger partial charge in [0, 0.05) is 26.9 Å². The van der Waals surface area contributed by atoms with Crippen LogP contribution in [-0.4, -0.2) is 26.4 Å². The normalized spacial score (nSPS) is 13.0. The molecule has 4 heteroatoms. The van der Waals surface area contributed by atoms with Crippen LogP contribution in [0, 0.1) is 0 Å². The van der Waals surface area contributed by atoms with Gasteiger partial charge in [-0.15, -0.1) is 0 Å². The number of phenols is 1. The summed E-state index contributed by atoms with van der Waals surface area (Å²) in [6.07, 6.45) is 0.318. The number of phenolic OH excluding ortho intramolecular Hbond substituents is 1. The van der Waals surface area contributed by atoms with Crippen LogP contribution in [0.2, 0.25) is 0 Å². The Morgan fingerprint density at radius 2 is 1.76 bits per heavy atom. The van der Waals surface area contributed by atoms with Crippen LogP contribution in [0.25, 0.3) is 0 Å². The van der Waals surface area contributed by atoms with Crippen molar-refractivity contribution in [1.29, 1.82) is 0 Å². The Morgan fingerprint density at radius 1 is 1.12 bits per heavy atom. The number of hydrogen-bond donors (Lipinski definition) is 1. The van der Waals surface area contributed by atoms with Gasteiger partial charge in [0.2, 0.25) is 0 Å². The van der Waals surface area contributed by atoms with Gasteiger partial charge in [-0.1, -0.05) is 13.0 Å². The van der Waals surface area contributed by atoms with E-state index in [9.17, 15) is 5.11 Å². The van der Waals surface area contributed by atoms with Crippen LogP contribution >= 0.6 is 0 Å². The highest BCUT2D eigenvalue weighted by Crippen LogP contribution is 2.31. The highest BCUT2D eigenvalue weighted by atomic mass is 16.7. The predicted octanol–water partition coefficient (Wildman–Crippen LogP) is 2.78. The highest BCUT2D eigenvalue weighted by molar-refractivity contribution is 5.38. The summed E-state index contributed by atoms with van der Waals surface area (Å²) >= 11 is 0. The van der Waals surface area contributed by atoms with Crippen LogP contribution < -0.4 is 0 Å². The maximum absolute atomic E-state index is 9.79. The van der Waals surface area contributed by atoms with Crippen molar-refractivity contribution in [3.8, 4) is 5.75 Å². The molecule has 0 heterocycles. The fourth-order valence-electron chi connectivity index (χ4n) is 1.85. The van der Waals surface area contributed by atoms with E-state index in [1.54, 1.807) is 13.2 Å². The van der Waals surface area contributed by atoms with Crippen molar-refractivity contribution in [1.82, 2.24) is 0 Å². The molecule has 0 aliphatic carbocycles. The molecular weight excluding hydrogens is 220 g/mol. The third kappa shape index (κ3) is 3.19. The van der Waals surface area contributed by atoms with E-state index in [1.165, 1.54) is 14.2 Å². The molecule has 4 nitrogen and oxygen atoms in total. The summed E-state index contributed by atoms with van der Waals surface area (Å²) in [5.74, 6) is 0.161. The SMILES string of the molecule is CCC(OC)c1ccc(O)c(C(OC)OC)c1. The summed E-state index contributed by atoms with van der Waals surface area (Å²) in [4.78, 5) is 0. The molecule has 0 aliphatic heterocycles. The van der Waals surface area contributed by atoms with Crippen molar-refractivity contribution in [2.75, 3.05) is 21.3 Å². The molecule has 17 heavy (non-hydrogen) atoms. The number of ether oxygens (including phenoxy) is 3. The summed E-state index contributed by atoms with van der Waals surface area (Å²) in [6.45, 7) is 2.05. The number of rotatable bonds is 6. The summed E-state index contributed by atoms with van der Waals surface area (Å²) < 4.78 is 15.7. The molecule has 1 unspecified atom stereocenters. The van der Waals surface area contributed by atoms with E-state index in [0.29, 0.717) is 5.56 Å². The maximum atomic E-state index is 9.79. The van der Waals surface area contributed by atoms with Gasteiger partial charge < -0.3 is 19.3 Å². The van der Waals surface area contributed by atoms with Crippen LogP contribution in [0.4, 0.5) is 0 Å². The summed E-state index contributed by atoms with van der Waals surface area (Å²) in [5, 5.41) is 9.79. The summed E-state index contributed by atoms with van der Waals surface area (Å²) in [6, 6.07) is 5.33. The van der Waals surface area contributed by atoms with Gasteiger partial charge >= 0.3 is 0 Å². The van der Waals surface area contributed by atoms with Gasteiger partial charge in [-0.2, -0.15) is 0 Å². The fraction of sp³-hybridized carbons (Fsp3) is 0.538. The lowest BCUT2D eigenvalue weighted by Gasteiger charge is -2.19. The van der Waals surface area contributed by atoms with Gasteiger partial charge in [-0.25, -0.2) is 0 Å². The van der Waals surface area contributed by atoms with E-state index >= 15 is 0 Å². The second-order valence-electron chi connectivity index (χ2n) is 3.75. The number of aromatic hydroxyl groups is 1. The second kappa shape index (κ2) is 6.59. The van der Waals surface area contributed by atoms with E-state index in [1.807, 2.05) is 19.1 Å². The monoisotopic (exact) mass is 240 g/mol. The Kier molecular flexibility index (Phi) is 5.41. The van der Waals surface area contributed by atoms with E-state index in [4.69, 9.17) is 14.2 Å². The highest BCUT2D eigenvalue weighted by Gasteiger charge is 2.17. The first-order chi connectivity index (χ1) is 8.17. The largest absolute Gasteiger partial charge is 0.507 e. The Hall–Kier alpha value is -1.10. The Balaban J connectivity index is 3.09. The molecule has 96 valence electrons. The van der Waals surface area contributed by atoms with Crippen molar-refractivity contribution in [2.45, 2.75) is 25.7 Å². The van der Waals surface area contributed by atoms with Crippen LogP contribution in [-0.2, 0) is 14.2 Å². The smallest absolute Gasteiger partial charge is 0.186 e. The molecule has 0 saturated heterocycles. The van der Waals surface area contributed by atoms with Crippen LogP contribution in [0.1, 0.15) is 36.9 Å². The molecule has 1 atom stereocenters. The van der Waals surface area contributed by atoms with Crippen molar-refractivity contribution >= 4 is 0 Å². The van der Waals surface area contributed by atoms with Crippen molar-refractivity contribution in [2.24, 2.45) is 0 Å². The Bertz CT molecular complexity index is 343. The van der Waals surface area contributed by atoms with Gasteiger partial charge in [-0.05, 0) is 24.1 Å². The van der Waals surface area contributed by atoms with Crippen LogP contribution in [0.15, 0.2) is 18.2 Å². The molecule has 1 rings (SSSR count). The first-order valence-corrected chi connectivity index (χ1v) is 5.59. The zero-order chi connectivity index (χ0) is 12.8. The quantitative estimate of drug-likeness (QED) is 0.777. The lowest BCUT2D eigenvalue weighted by Crippen LogP contribution is -2.06. The third-order valence-electron chi connectivity index (χ3n) is 2.76. The topological polar surface area (TPSA) is 47.9 Å².